The molecule has 0 amide bonds. The van der Waals surface area contributed by atoms with Crippen LogP contribution in [0.1, 0.15) is 19.4 Å². The molecule has 0 fully saturated rings. The Hall–Kier alpha value is -0.710. The zero-order valence-electron chi connectivity index (χ0n) is 7.80. The molecule has 0 aliphatic carbocycles. The fourth-order valence-corrected chi connectivity index (χ4v) is 1.60. The predicted octanol–water partition coefficient (Wildman–Crippen LogP) is 3.60. The smallest absolute Gasteiger partial charge is 0.249 e. The van der Waals surface area contributed by atoms with Gasteiger partial charge in [-0.25, -0.2) is 4.98 Å². The molecule has 78 valence electrons. The van der Waals surface area contributed by atoms with E-state index in [1.165, 1.54) is 17.8 Å². The monoisotopic (exact) mass is 221 g/mol. The minimum Gasteiger partial charge on any atom is -0.249 e. The highest BCUT2D eigenvalue weighted by atomic mass is 32.2. The van der Waals surface area contributed by atoms with Gasteiger partial charge in [0.05, 0.1) is 10.6 Å². The van der Waals surface area contributed by atoms with Crippen LogP contribution in [0, 0.1) is 0 Å². The van der Waals surface area contributed by atoms with E-state index >= 15 is 0 Å². The Morgan fingerprint density at radius 3 is 2.29 bits per heavy atom. The lowest BCUT2D eigenvalue weighted by molar-refractivity contribution is -0.137. The molecule has 14 heavy (non-hydrogen) atoms. The van der Waals surface area contributed by atoms with Crippen LogP contribution in [-0.4, -0.2) is 10.2 Å². The van der Waals surface area contributed by atoms with E-state index < -0.39 is 11.7 Å². The molecule has 0 atom stereocenters. The second kappa shape index (κ2) is 4.21. The Kier molecular flexibility index (Phi) is 3.42. The summed E-state index contributed by atoms with van der Waals surface area (Å²) in [6.07, 6.45) is -3.43. The van der Waals surface area contributed by atoms with Crippen LogP contribution in [0.25, 0.3) is 0 Å². The molecule has 0 bridgehead atoms. The first-order valence-corrected chi connectivity index (χ1v) is 4.97. The molecular weight excluding hydrogens is 211 g/mol. The molecular formula is C9H10F3NS. The summed E-state index contributed by atoms with van der Waals surface area (Å²) < 4.78 is 36.4. The molecule has 0 spiro atoms. The van der Waals surface area contributed by atoms with Crippen LogP contribution >= 0.6 is 11.8 Å². The van der Waals surface area contributed by atoms with Crippen LogP contribution in [0.5, 0.6) is 0 Å². The summed E-state index contributed by atoms with van der Waals surface area (Å²) in [5.41, 5.74) is -0.703. The third-order valence-electron chi connectivity index (χ3n) is 1.42. The highest BCUT2D eigenvalue weighted by Crippen LogP contribution is 2.30. The maximum Gasteiger partial charge on any atom is 0.417 e. The summed E-state index contributed by atoms with van der Waals surface area (Å²) in [4.78, 5) is 3.73. The van der Waals surface area contributed by atoms with E-state index in [4.69, 9.17) is 0 Å². The van der Waals surface area contributed by atoms with Gasteiger partial charge < -0.3 is 0 Å². The van der Waals surface area contributed by atoms with Gasteiger partial charge >= 0.3 is 6.18 Å². The fourth-order valence-electron chi connectivity index (χ4n) is 0.859. The third kappa shape index (κ3) is 3.21. The molecule has 1 rings (SSSR count). The Balaban J connectivity index is 2.79. The molecule has 1 heterocycles. The number of pyridine rings is 1. The van der Waals surface area contributed by atoms with Crippen molar-refractivity contribution in [2.75, 3.05) is 0 Å². The predicted molar refractivity (Wildman–Crippen MR) is 50.2 cm³/mol. The summed E-state index contributed by atoms with van der Waals surface area (Å²) in [6.45, 7) is 3.92. The summed E-state index contributed by atoms with van der Waals surface area (Å²) in [6, 6.07) is 2.45. The van der Waals surface area contributed by atoms with Gasteiger partial charge in [0.15, 0.2) is 0 Å². The molecule has 0 saturated carbocycles. The third-order valence-corrected chi connectivity index (χ3v) is 2.37. The number of halogens is 3. The van der Waals surface area contributed by atoms with Crippen molar-refractivity contribution in [1.29, 1.82) is 0 Å². The second-order valence-corrected chi connectivity index (χ2v) is 4.65. The normalized spacial score (nSPS) is 12.1. The van der Waals surface area contributed by atoms with E-state index in [1.54, 1.807) is 0 Å². The van der Waals surface area contributed by atoms with Crippen LogP contribution < -0.4 is 0 Å². The maximum absolute atomic E-state index is 12.1. The van der Waals surface area contributed by atoms with Crippen molar-refractivity contribution < 1.29 is 13.2 Å². The van der Waals surface area contributed by atoms with Gasteiger partial charge in [-0.05, 0) is 12.1 Å². The summed E-state index contributed by atoms with van der Waals surface area (Å²) >= 11 is 1.44. The van der Waals surface area contributed by atoms with Crippen molar-refractivity contribution in [2.45, 2.75) is 30.3 Å². The van der Waals surface area contributed by atoms with Crippen molar-refractivity contribution >= 4 is 11.8 Å². The van der Waals surface area contributed by atoms with E-state index in [0.29, 0.717) is 10.3 Å². The average molecular weight is 221 g/mol. The minimum absolute atomic E-state index is 0.319. The van der Waals surface area contributed by atoms with Gasteiger partial charge in [0.1, 0.15) is 0 Å². The highest BCUT2D eigenvalue weighted by molar-refractivity contribution is 7.99. The van der Waals surface area contributed by atoms with Crippen molar-refractivity contribution in [3.63, 3.8) is 0 Å². The van der Waals surface area contributed by atoms with Gasteiger partial charge in [-0.3, -0.25) is 0 Å². The van der Waals surface area contributed by atoms with Gasteiger partial charge in [-0.15, -0.1) is 11.8 Å². The van der Waals surface area contributed by atoms with Gasteiger partial charge in [0, 0.05) is 11.4 Å². The maximum atomic E-state index is 12.1. The standard InChI is InChI=1S/C9H10F3NS/c1-6(2)14-8-4-3-7(5-13-8)9(10,11)12/h3-6H,1-2H3. The summed E-state index contributed by atoms with van der Waals surface area (Å²) in [7, 11) is 0. The first kappa shape index (κ1) is 11.4. The number of nitrogens with zero attached hydrogens (tertiary/aromatic N) is 1. The van der Waals surface area contributed by atoms with Crippen LogP contribution in [0.4, 0.5) is 13.2 Å². The molecule has 0 unspecified atom stereocenters. The first-order valence-electron chi connectivity index (χ1n) is 4.09. The topological polar surface area (TPSA) is 12.9 Å². The number of alkyl halides is 3. The Morgan fingerprint density at radius 2 is 1.93 bits per heavy atom. The molecule has 0 N–H and O–H groups in total. The minimum atomic E-state index is -4.30. The van der Waals surface area contributed by atoms with Gasteiger partial charge in [-0.2, -0.15) is 13.2 Å². The SMILES string of the molecule is CC(C)Sc1ccc(C(F)(F)F)cn1. The van der Waals surface area contributed by atoms with Crippen LogP contribution in [0.2, 0.25) is 0 Å². The molecule has 1 aromatic rings. The van der Waals surface area contributed by atoms with E-state index in [9.17, 15) is 13.2 Å². The lowest BCUT2D eigenvalue weighted by Gasteiger charge is -2.07. The van der Waals surface area contributed by atoms with Crippen molar-refractivity contribution in [1.82, 2.24) is 4.98 Å². The van der Waals surface area contributed by atoms with Crippen molar-refractivity contribution in [3.05, 3.63) is 23.9 Å². The van der Waals surface area contributed by atoms with Crippen LogP contribution in [-0.2, 0) is 6.18 Å². The van der Waals surface area contributed by atoms with Crippen LogP contribution in [0.3, 0.4) is 0 Å². The molecule has 0 radical (unpaired) electrons. The molecule has 1 nitrogen and oxygen atoms in total. The molecule has 0 saturated heterocycles. The van der Waals surface area contributed by atoms with Gasteiger partial charge in [0.25, 0.3) is 0 Å². The Bertz CT molecular complexity index is 292. The quantitative estimate of drug-likeness (QED) is 0.708. The van der Waals surface area contributed by atoms with E-state index in [2.05, 4.69) is 4.98 Å². The van der Waals surface area contributed by atoms with E-state index in [1.807, 2.05) is 13.8 Å². The molecule has 0 aromatic carbocycles. The van der Waals surface area contributed by atoms with Crippen molar-refractivity contribution in [2.24, 2.45) is 0 Å². The lowest BCUT2D eigenvalue weighted by atomic mass is 10.3. The number of thioether (sulfide) groups is 1. The van der Waals surface area contributed by atoms with Gasteiger partial charge in [-0.1, -0.05) is 13.8 Å². The zero-order chi connectivity index (χ0) is 10.8. The van der Waals surface area contributed by atoms with Crippen molar-refractivity contribution in [3.8, 4) is 0 Å². The summed E-state index contributed by atoms with van der Waals surface area (Å²) in [5, 5.41) is 0.937. The molecule has 0 aliphatic rings. The molecule has 5 heteroatoms. The Labute approximate surface area is 84.7 Å². The highest BCUT2D eigenvalue weighted by Gasteiger charge is 2.30. The number of hydrogen-bond acceptors (Lipinski definition) is 2. The first-order chi connectivity index (χ1) is 6.39. The second-order valence-electron chi connectivity index (χ2n) is 3.05. The zero-order valence-corrected chi connectivity index (χ0v) is 8.62. The number of aromatic nitrogens is 1. The Morgan fingerprint density at radius 1 is 1.29 bits per heavy atom. The summed E-state index contributed by atoms with van der Waals surface area (Å²) in [5.74, 6) is 0. The largest absolute Gasteiger partial charge is 0.417 e. The number of hydrogen-bond donors (Lipinski definition) is 0. The fraction of sp³-hybridized carbons (Fsp3) is 0.444. The van der Waals surface area contributed by atoms with E-state index in [0.717, 1.165) is 12.3 Å². The average Bonchev–Trinajstić information content (AvgIpc) is 2.02. The van der Waals surface area contributed by atoms with Gasteiger partial charge in [0.2, 0.25) is 0 Å². The lowest BCUT2D eigenvalue weighted by Crippen LogP contribution is -2.05. The van der Waals surface area contributed by atoms with E-state index in [-0.39, 0.29) is 0 Å². The number of rotatable bonds is 2. The van der Waals surface area contributed by atoms with Crippen LogP contribution in [0.15, 0.2) is 23.4 Å². The molecule has 0 aliphatic heterocycles. The molecule has 1 aromatic heterocycles.